The standard InChI is InChI=1S/C13H13N5O6S2/c1-23-16-8(5-4-6(14)26-17-5)10(19)15-9-11(20)18-7(24-13(21)22)2-3-25-12(9)18/h2,4,9,12H,3,14H2,1H3,(H,15,19)(H,21,22)/b16-8-/t9-,12+/m1/s1. The van der Waals surface area contributed by atoms with E-state index >= 15 is 0 Å². The number of nitrogen functional groups attached to an aromatic ring is 1. The third-order valence-electron chi connectivity index (χ3n) is 3.45. The van der Waals surface area contributed by atoms with Crippen molar-refractivity contribution in [2.24, 2.45) is 5.16 Å². The zero-order valence-electron chi connectivity index (χ0n) is 13.2. The molecule has 0 saturated carbocycles. The number of amides is 2. The highest BCUT2D eigenvalue weighted by molar-refractivity contribution is 8.00. The van der Waals surface area contributed by atoms with Gasteiger partial charge in [-0.25, -0.2) is 4.79 Å². The van der Waals surface area contributed by atoms with Crippen LogP contribution in [-0.2, 0) is 19.2 Å². The van der Waals surface area contributed by atoms with E-state index in [9.17, 15) is 14.4 Å². The van der Waals surface area contributed by atoms with Crippen LogP contribution in [0.1, 0.15) is 5.69 Å². The Morgan fingerprint density at radius 2 is 2.31 bits per heavy atom. The van der Waals surface area contributed by atoms with Crippen molar-refractivity contribution in [3.8, 4) is 0 Å². The number of rotatable bonds is 5. The summed E-state index contributed by atoms with van der Waals surface area (Å²) >= 11 is 2.35. The number of nitrogens with one attached hydrogen (secondary N) is 1. The van der Waals surface area contributed by atoms with E-state index in [2.05, 4.69) is 24.4 Å². The fraction of sp³-hybridized carbons (Fsp3) is 0.308. The maximum absolute atomic E-state index is 12.5. The Labute approximate surface area is 155 Å². The Balaban J connectivity index is 1.72. The van der Waals surface area contributed by atoms with Crippen molar-refractivity contribution in [1.82, 2.24) is 14.6 Å². The van der Waals surface area contributed by atoms with Crippen LogP contribution in [0.15, 0.2) is 23.2 Å². The number of thioether (sulfide) groups is 1. The first-order valence-corrected chi connectivity index (χ1v) is 8.94. The number of nitrogens with zero attached hydrogens (tertiary/aromatic N) is 3. The molecular weight excluding hydrogens is 386 g/mol. The summed E-state index contributed by atoms with van der Waals surface area (Å²) in [4.78, 5) is 41.4. The van der Waals surface area contributed by atoms with Crippen LogP contribution in [0.4, 0.5) is 9.80 Å². The number of β-lactam (4-membered cyclic amide) rings is 1. The smallest absolute Gasteiger partial charge is 0.449 e. The molecule has 1 aromatic rings. The number of anilines is 1. The molecule has 26 heavy (non-hydrogen) atoms. The number of carbonyl (C=O) groups excluding carboxylic acids is 2. The van der Waals surface area contributed by atoms with Crippen molar-refractivity contribution >= 4 is 52.0 Å². The van der Waals surface area contributed by atoms with Crippen molar-refractivity contribution in [3.05, 3.63) is 23.7 Å². The minimum Gasteiger partial charge on any atom is -0.449 e. The van der Waals surface area contributed by atoms with Gasteiger partial charge < -0.3 is 25.7 Å². The fourth-order valence-electron chi connectivity index (χ4n) is 2.40. The highest BCUT2D eigenvalue weighted by Crippen LogP contribution is 2.37. The molecule has 3 heterocycles. The quantitative estimate of drug-likeness (QED) is 0.268. The first-order valence-electron chi connectivity index (χ1n) is 7.12. The van der Waals surface area contributed by atoms with Crippen LogP contribution in [-0.4, -0.2) is 62.3 Å². The summed E-state index contributed by atoms with van der Waals surface area (Å²) in [6.07, 6.45) is -0.0287. The van der Waals surface area contributed by atoms with E-state index in [-0.39, 0.29) is 17.3 Å². The number of hydrogen-bond donors (Lipinski definition) is 3. The molecule has 1 fully saturated rings. The van der Waals surface area contributed by atoms with Crippen LogP contribution in [0.25, 0.3) is 0 Å². The molecule has 2 aliphatic heterocycles. The van der Waals surface area contributed by atoms with E-state index in [1.165, 1.54) is 35.9 Å². The Kier molecular flexibility index (Phi) is 4.99. The lowest BCUT2D eigenvalue weighted by Gasteiger charge is -2.47. The molecule has 0 unspecified atom stereocenters. The average molecular weight is 399 g/mol. The van der Waals surface area contributed by atoms with Crippen molar-refractivity contribution in [2.45, 2.75) is 11.4 Å². The van der Waals surface area contributed by atoms with Gasteiger partial charge in [0.2, 0.25) is 5.88 Å². The maximum atomic E-state index is 12.5. The average Bonchev–Trinajstić information content (AvgIpc) is 3.02. The number of hydrogen-bond acceptors (Lipinski definition) is 10. The zero-order valence-corrected chi connectivity index (χ0v) is 14.9. The third kappa shape index (κ3) is 3.30. The second kappa shape index (κ2) is 7.21. The minimum absolute atomic E-state index is 0.0604. The zero-order chi connectivity index (χ0) is 18.8. The van der Waals surface area contributed by atoms with Crippen LogP contribution >= 0.6 is 23.3 Å². The van der Waals surface area contributed by atoms with Gasteiger partial charge in [0.15, 0.2) is 5.71 Å². The molecule has 138 valence electrons. The van der Waals surface area contributed by atoms with Crippen LogP contribution in [0.5, 0.6) is 0 Å². The van der Waals surface area contributed by atoms with Gasteiger partial charge in [-0.3, -0.25) is 14.5 Å². The summed E-state index contributed by atoms with van der Waals surface area (Å²) in [7, 11) is 1.27. The van der Waals surface area contributed by atoms with Crippen LogP contribution in [0.3, 0.4) is 0 Å². The summed E-state index contributed by atoms with van der Waals surface area (Å²) in [6, 6.07) is 0.611. The van der Waals surface area contributed by atoms with E-state index in [0.29, 0.717) is 10.8 Å². The van der Waals surface area contributed by atoms with E-state index in [0.717, 1.165) is 11.5 Å². The van der Waals surface area contributed by atoms with Gasteiger partial charge in [0, 0.05) is 11.8 Å². The monoisotopic (exact) mass is 399 g/mol. The third-order valence-corrected chi connectivity index (χ3v) is 5.25. The predicted octanol–water partition coefficient (Wildman–Crippen LogP) is 0.0117. The number of nitrogens with two attached hydrogens (primary N) is 1. The first kappa shape index (κ1) is 18.0. The topological polar surface area (TPSA) is 156 Å². The molecule has 2 atom stereocenters. The molecule has 0 aromatic carbocycles. The lowest BCUT2D eigenvalue weighted by Crippen LogP contribution is -2.70. The highest BCUT2D eigenvalue weighted by Gasteiger charge is 2.53. The van der Waals surface area contributed by atoms with Gasteiger partial charge in [0.05, 0.1) is 0 Å². The van der Waals surface area contributed by atoms with Crippen LogP contribution < -0.4 is 11.1 Å². The molecule has 0 bridgehead atoms. The Bertz CT molecular complexity index is 822. The van der Waals surface area contributed by atoms with Crippen molar-refractivity contribution in [2.75, 3.05) is 18.6 Å². The van der Waals surface area contributed by atoms with E-state index in [4.69, 9.17) is 10.8 Å². The summed E-state index contributed by atoms with van der Waals surface area (Å²) in [6.45, 7) is 0. The summed E-state index contributed by atoms with van der Waals surface area (Å²) in [5.41, 5.74) is 5.72. The van der Waals surface area contributed by atoms with Crippen LogP contribution in [0.2, 0.25) is 0 Å². The predicted molar refractivity (Wildman–Crippen MR) is 92.3 cm³/mol. The molecule has 1 aromatic heterocycles. The Morgan fingerprint density at radius 3 is 2.92 bits per heavy atom. The number of carbonyl (C=O) groups is 3. The van der Waals surface area contributed by atoms with Gasteiger partial charge in [-0.1, -0.05) is 5.16 Å². The molecule has 11 nitrogen and oxygen atoms in total. The largest absolute Gasteiger partial charge is 0.512 e. The van der Waals surface area contributed by atoms with Crippen molar-refractivity contribution in [3.63, 3.8) is 0 Å². The number of aromatic nitrogens is 1. The number of fused-ring (bicyclic) bond motifs is 1. The lowest BCUT2D eigenvalue weighted by atomic mass is 10.1. The molecule has 2 amide bonds. The Morgan fingerprint density at radius 1 is 1.54 bits per heavy atom. The molecule has 13 heteroatoms. The molecular formula is C13H13N5O6S2. The highest BCUT2D eigenvalue weighted by atomic mass is 32.2. The molecule has 1 saturated heterocycles. The lowest BCUT2D eigenvalue weighted by molar-refractivity contribution is -0.148. The minimum atomic E-state index is -1.52. The van der Waals surface area contributed by atoms with Gasteiger partial charge in [0.25, 0.3) is 11.8 Å². The maximum Gasteiger partial charge on any atom is 0.512 e. The van der Waals surface area contributed by atoms with Gasteiger partial charge in [0.1, 0.15) is 29.2 Å². The van der Waals surface area contributed by atoms with Crippen molar-refractivity contribution < 1.29 is 29.1 Å². The van der Waals surface area contributed by atoms with E-state index < -0.39 is 29.4 Å². The normalized spacial score (nSPS) is 22.0. The SMILES string of the molecule is CO/N=C(\C(=O)N[C@@H]1C(=O)N2C(OC(=O)O)=CCS[C@@H]12)c1cc(N)sn1. The molecule has 3 rings (SSSR count). The van der Waals surface area contributed by atoms with Gasteiger partial charge in [-0.05, 0) is 17.6 Å². The first-order chi connectivity index (χ1) is 12.4. The van der Waals surface area contributed by atoms with Gasteiger partial charge in [-0.15, -0.1) is 11.8 Å². The number of ether oxygens (including phenoxy) is 1. The second-order valence-corrected chi connectivity index (χ2v) is 7.02. The summed E-state index contributed by atoms with van der Waals surface area (Å²) in [5, 5.41) is 14.9. The van der Waals surface area contributed by atoms with Gasteiger partial charge >= 0.3 is 6.16 Å². The van der Waals surface area contributed by atoms with Gasteiger partial charge in [-0.2, -0.15) is 4.37 Å². The van der Waals surface area contributed by atoms with E-state index in [1.807, 2.05) is 0 Å². The number of carboxylic acid groups (broad SMARTS) is 1. The molecule has 0 radical (unpaired) electrons. The summed E-state index contributed by atoms with van der Waals surface area (Å²) < 4.78 is 8.60. The van der Waals surface area contributed by atoms with Crippen molar-refractivity contribution in [1.29, 1.82) is 0 Å². The molecule has 0 spiro atoms. The molecule has 4 N–H and O–H groups in total. The fourth-order valence-corrected chi connectivity index (χ4v) is 4.08. The second-order valence-electron chi connectivity index (χ2n) is 5.03. The Hall–Kier alpha value is -2.80. The molecule has 0 aliphatic carbocycles. The van der Waals surface area contributed by atoms with E-state index in [1.54, 1.807) is 0 Å². The summed E-state index contributed by atoms with van der Waals surface area (Å²) in [5.74, 6) is -0.774. The number of oxime groups is 1. The molecule has 2 aliphatic rings. The van der Waals surface area contributed by atoms with Crippen LogP contribution in [0, 0.1) is 0 Å².